The third-order valence-corrected chi connectivity index (χ3v) is 13.1. The summed E-state index contributed by atoms with van der Waals surface area (Å²) in [4.78, 5) is 29.9. The Kier molecular flexibility index (Phi) is 10.4. The van der Waals surface area contributed by atoms with Gasteiger partial charge in [0, 0.05) is 56.6 Å². The maximum atomic E-state index is 14.6. The zero-order valence-electron chi connectivity index (χ0n) is 30.0. The van der Waals surface area contributed by atoms with Crippen molar-refractivity contribution in [3.63, 3.8) is 0 Å². The number of carbonyl (C=O) groups is 2. The topological polar surface area (TPSA) is 134 Å². The molecular weight excluding hydrogens is 706 g/mol. The van der Waals surface area contributed by atoms with Gasteiger partial charge in [-0.25, -0.2) is 4.21 Å². The second-order valence-corrected chi connectivity index (χ2v) is 16.8. The summed E-state index contributed by atoms with van der Waals surface area (Å²) in [6.45, 7) is 1.91. The highest BCUT2D eigenvalue weighted by Crippen LogP contribution is 2.47. The largest absolute Gasteiger partial charge is 0.490 e. The van der Waals surface area contributed by atoms with Crippen LogP contribution >= 0.6 is 11.6 Å². The molecule has 1 aromatic heterocycles. The van der Waals surface area contributed by atoms with Crippen LogP contribution < -0.4 is 19.1 Å². The van der Waals surface area contributed by atoms with Crippen LogP contribution in [0.15, 0.2) is 59.1 Å². The molecule has 0 radical (unpaired) electrons. The van der Waals surface area contributed by atoms with Crippen LogP contribution in [0.3, 0.4) is 0 Å². The maximum Gasteiger partial charge on any atom is 0.286 e. The van der Waals surface area contributed by atoms with Crippen LogP contribution in [0, 0.1) is 11.8 Å². The molecule has 1 saturated carbocycles. The van der Waals surface area contributed by atoms with E-state index in [0.717, 1.165) is 49.4 Å². The minimum atomic E-state index is -3.67. The lowest BCUT2D eigenvalue weighted by atomic mass is 9.68. The summed E-state index contributed by atoms with van der Waals surface area (Å²) in [7, 11) is 2.67. The first kappa shape index (κ1) is 36.4. The number of aryl methyl sites for hydroxylation is 2. The summed E-state index contributed by atoms with van der Waals surface area (Å²) in [5.74, 6) is -0.233. The summed E-state index contributed by atoms with van der Waals surface area (Å²) in [5.41, 5.74) is 3.32. The highest BCUT2D eigenvalue weighted by atomic mass is 35.5. The normalized spacial score (nSPS) is 29.4. The molecule has 7 rings (SSSR count). The van der Waals surface area contributed by atoms with Crippen LogP contribution in [0.5, 0.6) is 11.6 Å². The van der Waals surface area contributed by atoms with E-state index in [4.69, 9.17) is 30.5 Å². The number of hydrogen-bond donors (Lipinski definition) is 1. The van der Waals surface area contributed by atoms with E-state index in [1.807, 2.05) is 18.2 Å². The van der Waals surface area contributed by atoms with Crippen molar-refractivity contribution >= 4 is 39.0 Å². The van der Waals surface area contributed by atoms with Gasteiger partial charge in [0.25, 0.3) is 11.8 Å². The molecule has 3 heterocycles. The van der Waals surface area contributed by atoms with Crippen molar-refractivity contribution in [2.45, 2.75) is 56.1 Å². The van der Waals surface area contributed by atoms with Crippen LogP contribution in [0.2, 0.25) is 5.02 Å². The first-order valence-electron chi connectivity index (χ1n) is 17.8. The number of hydrogen-bond acceptors (Lipinski definition) is 9. The van der Waals surface area contributed by atoms with Gasteiger partial charge in [-0.3, -0.25) is 19.0 Å². The molecule has 12 nitrogen and oxygen atoms in total. The number of aromatic nitrogens is 2. The first-order valence-corrected chi connectivity index (χ1v) is 19.8. The third kappa shape index (κ3) is 7.20. The number of anilines is 1. The Morgan fingerprint density at radius 1 is 1.10 bits per heavy atom. The molecular formula is C38H46ClN5O7S. The summed E-state index contributed by atoms with van der Waals surface area (Å²) in [5, 5.41) is 4.86. The molecule has 2 bridgehead atoms. The third-order valence-electron chi connectivity index (χ3n) is 11.1. The van der Waals surface area contributed by atoms with Gasteiger partial charge in [0.1, 0.15) is 21.2 Å². The number of benzene rings is 2. The lowest BCUT2D eigenvalue weighted by molar-refractivity contribution is 0.0124. The molecule has 3 aromatic rings. The number of ether oxygens (including phenoxy) is 4. The van der Waals surface area contributed by atoms with Crippen molar-refractivity contribution in [3.05, 3.63) is 82.0 Å². The quantitative estimate of drug-likeness (QED) is 0.335. The Morgan fingerprint density at radius 2 is 1.94 bits per heavy atom. The Bertz CT molecular complexity index is 2010. The Labute approximate surface area is 310 Å². The minimum absolute atomic E-state index is 0.0624. The van der Waals surface area contributed by atoms with Crippen LogP contribution in [0.4, 0.5) is 5.69 Å². The predicted molar refractivity (Wildman–Crippen MR) is 199 cm³/mol. The molecule has 1 fully saturated rings. The van der Waals surface area contributed by atoms with Gasteiger partial charge in [-0.1, -0.05) is 29.8 Å². The summed E-state index contributed by atoms with van der Waals surface area (Å²) in [6.07, 6.45) is 10.0. The summed E-state index contributed by atoms with van der Waals surface area (Å²) in [6, 6.07) is 11.4. The van der Waals surface area contributed by atoms with Gasteiger partial charge in [-0.15, -0.1) is 9.46 Å². The zero-order valence-corrected chi connectivity index (χ0v) is 31.6. The van der Waals surface area contributed by atoms with E-state index in [9.17, 15) is 13.8 Å². The van der Waals surface area contributed by atoms with Gasteiger partial charge in [-0.2, -0.15) is 0 Å². The van der Waals surface area contributed by atoms with E-state index < -0.39 is 27.8 Å². The van der Waals surface area contributed by atoms with E-state index in [2.05, 4.69) is 31.2 Å². The van der Waals surface area contributed by atoms with Crippen molar-refractivity contribution in [1.82, 2.24) is 14.5 Å². The minimum Gasteiger partial charge on any atom is -0.490 e. The van der Waals surface area contributed by atoms with E-state index in [1.54, 1.807) is 39.5 Å². The Balaban J connectivity index is 1.31. The summed E-state index contributed by atoms with van der Waals surface area (Å²) < 4.78 is 46.5. The first-order chi connectivity index (χ1) is 25.0. The molecule has 1 spiro atoms. The van der Waals surface area contributed by atoms with Crippen LogP contribution in [-0.2, 0) is 38.3 Å². The fraction of sp³-hybridized carbons (Fsp3) is 0.500. The molecule has 4 aliphatic rings. The van der Waals surface area contributed by atoms with E-state index in [1.165, 1.54) is 29.1 Å². The van der Waals surface area contributed by atoms with Crippen molar-refractivity contribution < 1.29 is 32.7 Å². The molecule has 52 heavy (non-hydrogen) atoms. The SMILES string of the molecule is COc1nn(C)cc1C(=O)N[S@@]1(=O)=NC(=O)c2ccc3c(c2)N(C[C@@H]2CC[C@H]2[C@@H](OC)/C=C/[C@@H](OC)CC1)C[C@@]1(CCCc2cc(Cl)ccc21)CO3. The summed E-state index contributed by atoms with van der Waals surface area (Å²) >= 11 is 6.46. The number of rotatable bonds is 5. The van der Waals surface area contributed by atoms with Crippen molar-refractivity contribution in [2.24, 2.45) is 23.2 Å². The monoisotopic (exact) mass is 751 g/mol. The Hall–Kier alpha value is -3.91. The molecule has 2 amide bonds. The van der Waals surface area contributed by atoms with Gasteiger partial charge in [0.05, 0.1) is 37.4 Å². The molecule has 0 unspecified atom stereocenters. The lowest BCUT2D eigenvalue weighted by Crippen LogP contribution is -2.49. The molecule has 0 saturated heterocycles. The van der Waals surface area contributed by atoms with E-state index in [-0.39, 0.29) is 46.6 Å². The van der Waals surface area contributed by atoms with Crippen molar-refractivity contribution in [3.8, 4) is 11.6 Å². The molecule has 2 aliphatic heterocycles. The smallest absolute Gasteiger partial charge is 0.286 e. The van der Waals surface area contributed by atoms with E-state index in [0.29, 0.717) is 24.8 Å². The average molecular weight is 752 g/mol. The number of nitrogens with one attached hydrogen (secondary N) is 1. The van der Waals surface area contributed by atoms with Crippen LogP contribution in [-0.4, -0.2) is 84.8 Å². The maximum absolute atomic E-state index is 14.6. The predicted octanol–water partition coefficient (Wildman–Crippen LogP) is 5.52. The van der Waals surface area contributed by atoms with Gasteiger partial charge < -0.3 is 23.8 Å². The van der Waals surface area contributed by atoms with Crippen molar-refractivity contribution in [2.75, 3.05) is 51.7 Å². The van der Waals surface area contributed by atoms with Gasteiger partial charge in [0.15, 0.2) is 0 Å². The van der Waals surface area contributed by atoms with Gasteiger partial charge in [0.2, 0.25) is 5.88 Å². The molecule has 2 aromatic carbocycles. The van der Waals surface area contributed by atoms with Crippen LogP contribution in [0.25, 0.3) is 0 Å². The number of amides is 2. The highest BCUT2D eigenvalue weighted by molar-refractivity contribution is 7.92. The number of halogens is 1. The molecule has 278 valence electrons. The molecule has 1 N–H and O–H groups in total. The molecule has 14 heteroatoms. The highest BCUT2D eigenvalue weighted by Gasteiger charge is 2.44. The van der Waals surface area contributed by atoms with Crippen molar-refractivity contribution in [1.29, 1.82) is 0 Å². The van der Waals surface area contributed by atoms with Gasteiger partial charge >= 0.3 is 0 Å². The average Bonchev–Trinajstić information content (AvgIpc) is 3.44. The standard InChI is InChI=1S/C38H46ClN5O7S/c1-43-21-30(37(40-43)50-4)36(46)42-52(47)17-15-28(48-2)10-14-33(49-3)29-11-7-26(29)20-44-22-38(16-5-6-24-18-27(39)9-12-31(24)38)23-51-34-13-8-25(19-32(34)44)35(45)41-52/h8-10,12-14,18-19,21,26,28-29,33H,5-7,11,15-17,20,22-23H2,1-4H3,(H,41,42,45,46,47)/b14-10+/t26-,28+,29+,33-,38-,52-/m0/s1. The second-order valence-electron chi connectivity index (χ2n) is 14.3. The van der Waals surface area contributed by atoms with Crippen LogP contribution in [0.1, 0.15) is 63.9 Å². The fourth-order valence-electron chi connectivity index (χ4n) is 8.26. The Morgan fingerprint density at radius 3 is 2.69 bits per heavy atom. The number of nitrogens with zero attached hydrogens (tertiary/aromatic N) is 4. The number of carbonyl (C=O) groups excluding carboxylic acids is 2. The second kappa shape index (κ2) is 14.8. The zero-order chi connectivity index (χ0) is 36.6. The fourth-order valence-corrected chi connectivity index (χ4v) is 10.0. The number of methoxy groups -OCH3 is 3. The van der Waals surface area contributed by atoms with E-state index >= 15 is 0 Å². The van der Waals surface area contributed by atoms with Gasteiger partial charge in [-0.05, 0) is 91.8 Å². The molecule has 6 atom stereocenters. The lowest BCUT2D eigenvalue weighted by Gasteiger charge is -2.46. The molecule has 2 aliphatic carbocycles. The number of fused-ring (bicyclic) bond motifs is 4.